The van der Waals surface area contributed by atoms with Gasteiger partial charge in [-0.25, -0.2) is 4.98 Å². The topological polar surface area (TPSA) is 29.9 Å². The first-order chi connectivity index (χ1) is 7.66. The predicted molar refractivity (Wildman–Crippen MR) is 67.6 cm³/mol. The quantitative estimate of drug-likeness (QED) is 0.629. The number of rotatable bonds is 6. The van der Waals surface area contributed by atoms with Crippen LogP contribution in [0.3, 0.4) is 0 Å². The lowest BCUT2D eigenvalue weighted by Crippen LogP contribution is -2.16. The number of halogens is 2. The molecule has 0 amide bonds. The molecule has 0 aromatic carbocycles. The predicted octanol–water partition coefficient (Wildman–Crippen LogP) is 2.62. The van der Waals surface area contributed by atoms with E-state index in [0.717, 1.165) is 31.5 Å². The van der Waals surface area contributed by atoms with E-state index in [9.17, 15) is 0 Å². The largest absolute Gasteiger partial charge is 0.319 e. The van der Waals surface area contributed by atoms with Gasteiger partial charge in [0.05, 0.1) is 5.69 Å². The van der Waals surface area contributed by atoms with Crippen molar-refractivity contribution < 1.29 is 0 Å². The summed E-state index contributed by atoms with van der Waals surface area (Å²) in [6.07, 6.45) is 8.10. The van der Waals surface area contributed by atoms with Gasteiger partial charge in [-0.05, 0) is 31.0 Å². The van der Waals surface area contributed by atoms with E-state index < -0.39 is 0 Å². The van der Waals surface area contributed by atoms with Crippen molar-refractivity contribution in [2.24, 2.45) is 7.05 Å². The number of hydrogen-bond donors (Lipinski definition) is 1. The first-order valence-corrected chi connectivity index (χ1v) is 5.93. The van der Waals surface area contributed by atoms with Gasteiger partial charge in [-0.15, -0.1) is 12.3 Å². The van der Waals surface area contributed by atoms with Crippen LogP contribution >= 0.6 is 23.2 Å². The molecule has 0 unspecified atom stereocenters. The maximum Gasteiger partial charge on any atom is 0.204 e. The van der Waals surface area contributed by atoms with Gasteiger partial charge in [0.2, 0.25) is 5.28 Å². The Morgan fingerprint density at radius 1 is 1.44 bits per heavy atom. The fraction of sp³-hybridized carbons (Fsp3) is 0.545. The molecule has 0 saturated heterocycles. The molecule has 1 rings (SSSR count). The van der Waals surface area contributed by atoms with Crippen molar-refractivity contribution in [1.29, 1.82) is 0 Å². The Labute approximate surface area is 106 Å². The van der Waals surface area contributed by atoms with Crippen LogP contribution in [-0.2, 0) is 13.6 Å². The number of nitrogens with zero attached hydrogens (tertiary/aromatic N) is 2. The molecule has 0 saturated carbocycles. The second kappa shape index (κ2) is 6.80. The van der Waals surface area contributed by atoms with Gasteiger partial charge in [0, 0.05) is 20.0 Å². The van der Waals surface area contributed by atoms with Crippen molar-refractivity contribution in [3.63, 3.8) is 0 Å². The van der Waals surface area contributed by atoms with Crippen LogP contribution in [0.25, 0.3) is 0 Å². The number of nitrogens with one attached hydrogen (secondary N) is 1. The molecule has 5 heteroatoms. The molecule has 1 N–H and O–H groups in total. The Hall–Kier alpha value is -0.690. The summed E-state index contributed by atoms with van der Waals surface area (Å²) in [6, 6.07) is 0. The van der Waals surface area contributed by atoms with Gasteiger partial charge in [0.1, 0.15) is 0 Å². The monoisotopic (exact) mass is 259 g/mol. The standard InChI is InChI=1S/C11H15Cl2N3/c1-3-4-5-6-7-14-8-9-10(12)15-11(13)16(9)2/h1,14H,4-8H2,2H3. The summed E-state index contributed by atoms with van der Waals surface area (Å²) in [5.41, 5.74) is 0.906. The van der Waals surface area contributed by atoms with Crippen LogP contribution in [0.2, 0.25) is 10.4 Å². The highest BCUT2D eigenvalue weighted by atomic mass is 35.5. The highest BCUT2D eigenvalue weighted by Crippen LogP contribution is 2.18. The van der Waals surface area contributed by atoms with E-state index in [2.05, 4.69) is 16.2 Å². The molecular formula is C11H15Cl2N3. The highest BCUT2D eigenvalue weighted by molar-refractivity contribution is 6.32. The first-order valence-electron chi connectivity index (χ1n) is 5.17. The number of terminal acetylenes is 1. The van der Waals surface area contributed by atoms with Crippen LogP contribution in [0.5, 0.6) is 0 Å². The van der Waals surface area contributed by atoms with Crippen LogP contribution < -0.4 is 5.32 Å². The maximum atomic E-state index is 5.93. The van der Waals surface area contributed by atoms with Crippen molar-refractivity contribution >= 4 is 23.2 Å². The fourth-order valence-corrected chi connectivity index (χ4v) is 1.85. The molecule has 0 bridgehead atoms. The fourth-order valence-electron chi connectivity index (χ4n) is 1.35. The zero-order valence-corrected chi connectivity index (χ0v) is 10.8. The molecule has 1 aromatic rings. The molecule has 0 aliphatic heterocycles. The van der Waals surface area contributed by atoms with Gasteiger partial charge < -0.3 is 9.88 Å². The van der Waals surface area contributed by atoms with Gasteiger partial charge in [-0.3, -0.25) is 0 Å². The molecule has 3 nitrogen and oxygen atoms in total. The Kier molecular flexibility index (Phi) is 5.68. The van der Waals surface area contributed by atoms with Crippen LogP contribution in [0.15, 0.2) is 0 Å². The van der Waals surface area contributed by atoms with Crippen LogP contribution in [0.1, 0.15) is 25.0 Å². The van der Waals surface area contributed by atoms with Gasteiger partial charge >= 0.3 is 0 Å². The summed E-state index contributed by atoms with van der Waals surface area (Å²) in [5, 5.41) is 4.16. The van der Waals surface area contributed by atoms with Crippen molar-refractivity contribution in [2.75, 3.05) is 6.54 Å². The summed E-state index contributed by atoms with van der Waals surface area (Å²) in [7, 11) is 1.84. The molecule has 0 aliphatic carbocycles. The molecule has 0 aliphatic rings. The summed E-state index contributed by atoms with van der Waals surface area (Å²) in [6.45, 7) is 1.59. The number of hydrogen-bond acceptors (Lipinski definition) is 2. The van der Waals surface area contributed by atoms with Crippen LogP contribution in [-0.4, -0.2) is 16.1 Å². The van der Waals surface area contributed by atoms with E-state index in [-0.39, 0.29) is 0 Å². The maximum absolute atomic E-state index is 5.93. The molecule has 1 aromatic heterocycles. The zero-order chi connectivity index (χ0) is 12.0. The lowest BCUT2D eigenvalue weighted by molar-refractivity contribution is 0.611. The average Bonchev–Trinajstić information content (AvgIpc) is 2.49. The summed E-state index contributed by atoms with van der Waals surface area (Å²) in [5.74, 6) is 2.62. The summed E-state index contributed by atoms with van der Waals surface area (Å²) in [4.78, 5) is 3.97. The first kappa shape index (κ1) is 13.4. The minimum atomic E-state index is 0.411. The Morgan fingerprint density at radius 3 is 2.75 bits per heavy atom. The Morgan fingerprint density at radius 2 is 2.19 bits per heavy atom. The van der Waals surface area contributed by atoms with E-state index in [1.807, 2.05) is 7.05 Å². The van der Waals surface area contributed by atoms with Gasteiger partial charge in [-0.2, -0.15) is 0 Å². The van der Waals surface area contributed by atoms with Gasteiger partial charge in [0.15, 0.2) is 5.15 Å². The van der Waals surface area contributed by atoms with E-state index >= 15 is 0 Å². The summed E-state index contributed by atoms with van der Waals surface area (Å²) < 4.78 is 1.78. The molecule has 88 valence electrons. The number of imidazole rings is 1. The van der Waals surface area contributed by atoms with E-state index in [0.29, 0.717) is 17.0 Å². The third-order valence-corrected chi connectivity index (χ3v) is 2.97. The van der Waals surface area contributed by atoms with E-state index in [4.69, 9.17) is 29.6 Å². The van der Waals surface area contributed by atoms with E-state index in [1.54, 1.807) is 4.57 Å². The van der Waals surface area contributed by atoms with Crippen molar-refractivity contribution in [3.05, 3.63) is 16.1 Å². The lowest BCUT2D eigenvalue weighted by Gasteiger charge is -2.05. The minimum absolute atomic E-state index is 0.411. The normalized spacial score (nSPS) is 10.4. The second-order valence-electron chi connectivity index (χ2n) is 3.52. The smallest absolute Gasteiger partial charge is 0.204 e. The molecular weight excluding hydrogens is 245 g/mol. The van der Waals surface area contributed by atoms with Gasteiger partial charge in [0.25, 0.3) is 0 Å². The van der Waals surface area contributed by atoms with Crippen LogP contribution in [0, 0.1) is 12.3 Å². The highest BCUT2D eigenvalue weighted by Gasteiger charge is 2.10. The third-order valence-electron chi connectivity index (χ3n) is 2.33. The van der Waals surface area contributed by atoms with Crippen LogP contribution in [0.4, 0.5) is 0 Å². The lowest BCUT2D eigenvalue weighted by atomic mass is 10.2. The van der Waals surface area contributed by atoms with Gasteiger partial charge in [-0.1, -0.05) is 11.6 Å². The average molecular weight is 260 g/mol. The number of aromatic nitrogens is 2. The number of unbranched alkanes of at least 4 members (excludes halogenated alkanes) is 2. The Bertz CT molecular complexity index is 379. The van der Waals surface area contributed by atoms with E-state index in [1.165, 1.54) is 0 Å². The molecule has 0 spiro atoms. The SMILES string of the molecule is C#CCCCCNCc1c(Cl)nc(Cl)n1C. The van der Waals surface area contributed by atoms with Crippen molar-refractivity contribution in [1.82, 2.24) is 14.9 Å². The van der Waals surface area contributed by atoms with Crippen molar-refractivity contribution in [2.45, 2.75) is 25.8 Å². The molecule has 0 atom stereocenters. The molecule has 0 radical (unpaired) electrons. The minimum Gasteiger partial charge on any atom is -0.319 e. The second-order valence-corrected chi connectivity index (χ2v) is 4.21. The molecule has 1 heterocycles. The summed E-state index contributed by atoms with van der Waals surface area (Å²) >= 11 is 11.8. The molecule has 0 fully saturated rings. The third kappa shape index (κ3) is 3.71. The molecule has 16 heavy (non-hydrogen) atoms. The zero-order valence-electron chi connectivity index (χ0n) is 9.26. The van der Waals surface area contributed by atoms with Crippen molar-refractivity contribution in [3.8, 4) is 12.3 Å². The Balaban J connectivity index is 2.30.